The number of carbonyl (C=O) groups is 1. The largest absolute Gasteiger partial charge is 0.612 e. The van der Waals surface area contributed by atoms with Gasteiger partial charge in [-0.05, 0) is 6.92 Å². The molecule has 17 heteroatoms. The highest BCUT2D eigenvalue weighted by Crippen LogP contribution is 2.62. The molecule has 2 fully saturated rings. The van der Waals surface area contributed by atoms with Crippen LogP contribution < -0.4 is 26.3 Å². The van der Waals surface area contributed by atoms with Crippen molar-refractivity contribution in [2.45, 2.75) is 6.92 Å². The summed E-state index contributed by atoms with van der Waals surface area (Å²) in [6.07, 6.45) is 0. The van der Waals surface area contributed by atoms with Gasteiger partial charge in [-0.3, -0.25) is 0 Å². The van der Waals surface area contributed by atoms with Crippen LogP contribution in [0.2, 0.25) is 0 Å². The number of rotatable bonds is 7. The van der Waals surface area contributed by atoms with Crippen molar-refractivity contribution in [2.75, 3.05) is 56.2 Å². The van der Waals surface area contributed by atoms with Crippen molar-refractivity contribution in [1.82, 2.24) is 15.0 Å². The summed E-state index contributed by atoms with van der Waals surface area (Å²) in [4.78, 5) is 47.5. The Labute approximate surface area is 178 Å². The van der Waals surface area contributed by atoms with Crippen molar-refractivity contribution < 1.29 is 41.9 Å². The van der Waals surface area contributed by atoms with Gasteiger partial charge in [0.05, 0.1) is 5.41 Å². The summed E-state index contributed by atoms with van der Waals surface area (Å²) in [7, 11) is -7.67. The van der Waals surface area contributed by atoms with Crippen LogP contribution in [0.15, 0.2) is 12.2 Å². The number of carbonyl (C=O) groups excluding carboxylic acids is 1. The van der Waals surface area contributed by atoms with Crippen molar-refractivity contribution in [2.24, 2.45) is 5.41 Å². The van der Waals surface area contributed by atoms with Crippen LogP contribution in [-0.4, -0.2) is 60.6 Å². The molecule has 0 unspecified atom stereocenters. The smallest absolute Gasteiger partial charge is 0.379 e. The fraction of sp³-hybridized carbons (Fsp3) is 0.571. The first kappa shape index (κ1) is 23.9. The van der Waals surface area contributed by atoms with Crippen LogP contribution in [0.3, 0.4) is 0 Å². The van der Waals surface area contributed by atoms with Crippen LogP contribution in [0, 0.1) is 5.41 Å². The molecule has 1 aromatic heterocycles. The molecule has 2 aliphatic heterocycles. The second-order valence-corrected chi connectivity index (χ2v) is 10.2. The Hall–Kier alpha value is -1.80. The SMILES string of the molecule is C=C(C)C(=O)OCCO[P+]1([O-])OCC2(CO[P+]([O-])(Nc3nc(N)nc(N)n3)OC2)CO1. The third-order valence-corrected chi connectivity index (χ3v) is 6.76. The van der Waals surface area contributed by atoms with Gasteiger partial charge in [-0.2, -0.15) is 42.7 Å². The quantitative estimate of drug-likeness (QED) is 0.179. The molecule has 0 saturated carbocycles. The first-order valence-electron chi connectivity index (χ1n) is 8.83. The number of hydrogen-bond acceptors (Lipinski definition) is 15. The second-order valence-electron chi connectivity index (χ2n) is 6.78. The van der Waals surface area contributed by atoms with E-state index in [1.165, 1.54) is 6.92 Å². The number of anilines is 3. The molecule has 0 amide bonds. The van der Waals surface area contributed by atoms with Crippen LogP contribution in [0.5, 0.6) is 0 Å². The van der Waals surface area contributed by atoms with Crippen molar-refractivity contribution >= 4 is 40.1 Å². The van der Waals surface area contributed by atoms with Gasteiger partial charge in [0, 0.05) is 5.57 Å². The number of esters is 1. The molecule has 0 atom stereocenters. The lowest BCUT2D eigenvalue weighted by Gasteiger charge is -2.43. The molecule has 5 N–H and O–H groups in total. The summed E-state index contributed by atoms with van der Waals surface area (Å²) in [6, 6.07) is 0. The van der Waals surface area contributed by atoms with E-state index in [0.29, 0.717) is 0 Å². The number of nitrogens with zero attached hydrogens (tertiary/aromatic N) is 3. The Bertz CT molecular complexity index is 808. The van der Waals surface area contributed by atoms with E-state index in [4.69, 9.17) is 38.8 Å². The molecule has 2 aliphatic rings. The fourth-order valence-corrected chi connectivity index (χ4v) is 5.15. The Morgan fingerprint density at radius 2 is 1.65 bits per heavy atom. The summed E-state index contributed by atoms with van der Waals surface area (Å²) in [5.41, 5.74) is 10.3. The summed E-state index contributed by atoms with van der Waals surface area (Å²) in [5.74, 6) is -1.11. The Morgan fingerprint density at radius 1 is 1.10 bits per heavy atom. The first-order valence-corrected chi connectivity index (χ1v) is 11.8. The summed E-state index contributed by atoms with van der Waals surface area (Å²) in [5, 5.41) is 2.41. The lowest BCUT2D eigenvalue weighted by molar-refractivity contribution is -0.275. The van der Waals surface area contributed by atoms with Gasteiger partial charge in [-0.15, -0.1) is 0 Å². The van der Waals surface area contributed by atoms with Gasteiger partial charge in [0.25, 0.3) is 5.95 Å². The monoisotopic (exact) mass is 480 g/mol. The molecule has 2 saturated heterocycles. The maximum atomic E-state index is 12.7. The molecule has 0 bridgehead atoms. The van der Waals surface area contributed by atoms with E-state index in [9.17, 15) is 14.6 Å². The van der Waals surface area contributed by atoms with E-state index in [2.05, 4.69) is 26.6 Å². The number of phosphoric acid groups is 1. The van der Waals surface area contributed by atoms with E-state index >= 15 is 0 Å². The molecule has 15 nitrogen and oxygen atoms in total. The fourth-order valence-electron chi connectivity index (χ4n) is 2.33. The maximum absolute atomic E-state index is 12.7. The molecular weight excluding hydrogens is 458 g/mol. The second kappa shape index (κ2) is 9.36. The summed E-state index contributed by atoms with van der Waals surface area (Å²) < 4.78 is 31.1. The molecule has 172 valence electrons. The minimum atomic E-state index is -3.85. The average Bonchev–Trinajstić information content (AvgIpc) is 2.69. The number of nitrogens with one attached hydrogen (secondary N) is 1. The van der Waals surface area contributed by atoms with E-state index in [1.807, 2.05) is 0 Å². The minimum Gasteiger partial charge on any atom is -0.612 e. The highest BCUT2D eigenvalue weighted by atomic mass is 31.2. The zero-order valence-electron chi connectivity index (χ0n) is 16.5. The predicted octanol–water partition coefficient (Wildman–Crippen LogP) is -1.26. The molecular formula is C14H22N6O9P2. The molecule has 0 radical (unpaired) electrons. The molecule has 0 aliphatic carbocycles. The number of ether oxygens (including phenoxy) is 1. The molecule has 0 aromatic carbocycles. The van der Waals surface area contributed by atoms with Crippen LogP contribution >= 0.6 is 16.3 Å². The first-order chi connectivity index (χ1) is 14.5. The number of hydrogen-bond donors (Lipinski definition) is 3. The van der Waals surface area contributed by atoms with Crippen LogP contribution in [0.25, 0.3) is 0 Å². The molecule has 3 rings (SSSR count). The third-order valence-electron chi connectivity index (χ3n) is 3.96. The van der Waals surface area contributed by atoms with Gasteiger partial charge in [0.1, 0.15) is 39.6 Å². The van der Waals surface area contributed by atoms with E-state index in [0.717, 1.165) is 0 Å². The zero-order valence-corrected chi connectivity index (χ0v) is 18.3. The number of nitrogen functional groups attached to an aromatic ring is 2. The van der Waals surface area contributed by atoms with Gasteiger partial charge in [0.15, 0.2) is 0 Å². The van der Waals surface area contributed by atoms with Gasteiger partial charge in [0.2, 0.25) is 11.9 Å². The molecule has 1 aromatic rings. The van der Waals surface area contributed by atoms with Crippen molar-refractivity contribution in [3.05, 3.63) is 12.2 Å². The van der Waals surface area contributed by atoms with Crippen molar-refractivity contribution in [1.29, 1.82) is 0 Å². The van der Waals surface area contributed by atoms with Crippen molar-refractivity contribution in [3.63, 3.8) is 0 Å². The maximum Gasteiger partial charge on any atom is 0.379 e. The molecule has 31 heavy (non-hydrogen) atoms. The van der Waals surface area contributed by atoms with Crippen LogP contribution in [0.1, 0.15) is 6.92 Å². The van der Waals surface area contributed by atoms with E-state index < -0.39 is 27.6 Å². The highest BCUT2D eigenvalue weighted by molar-refractivity contribution is 7.60. The number of phosphoric ester groups is 1. The molecule has 1 spiro atoms. The minimum absolute atomic E-state index is 0.108. The van der Waals surface area contributed by atoms with Gasteiger partial charge < -0.3 is 26.0 Å². The van der Waals surface area contributed by atoms with Gasteiger partial charge in [-0.1, -0.05) is 6.58 Å². The Morgan fingerprint density at radius 3 is 2.19 bits per heavy atom. The number of nitrogens with two attached hydrogens (primary N) is 2. The summed E-state index contributed by atoms with van der Waals surface area (Å²) >= 11 is 0. The highest BCUT2D eigenvalue weighted by Gasteiger charge is 2.54. The third kappa shape index (κ3) is 6.35. The van der Waals surface area contributed by atoms with Crippen molar-refractivity contribution in [3.8, 4) is 0 Å². The Kier molecular flexibility index (Phi) is 7.21. The van der Waals surface area contributed by atoms with Crippen LogP contribution in [-0.2, 0) is 32.2 Å². The standard InChI is InChI=1S/C14H22N6O9P2/c1-9(2)10(21)24-3-4-25-31(23)28-7-14(8-29-31)5-26-30(22,27-6-14)20-13-18-11(15)17-12(16)19-13/h1,3-8H2,2H3,(H5,15,16,17,18,19,20,22). The predicted molar refractivity (Wildman–Crippen MR) is 104 cm³/mol. The lowest BCUT2D eigenvalue weighted by atomic mass is 9.93. The Balaban J connectivity index is 1.46. The normalized spacial score (nSPS) is 30.7. The zero-order chi connectivity index (χ0) is 22.7. The van der Waals surface area contributed by atoms with E-state index in [1.54, 1.807) is 0 Å². The topological polar surface area (TPSA) is 221 Å². The van der Waals surface area contributed by atoms with Crippen LogP contribution in [0.4, 0.5) is 17.8 Å². The number of aromatic nitrogens is 3. The summed E-state index contributed by atoms with van der Waals surface area (Å²) in [6.45, 7) is 4.15. The molecule has 3 heterocycles. The van der Waals surface area contributed by atoms with E-state index in [-0.39, 0.29) is 63.1 Å². The van der Waals surface area contributed by atoms with Gasteiger partial charge >= 0.3 is 22.2 Å². The average molecular weight is 480 g/mol. The van der Waals surface area contributed by atoms with Gasteiger partial charge in [-0.25, -0.2) is 4.79 Å². The lowest BCUT2D eigenvalue weighted by Crippen LogP contribution is -2.50.